The summed E-state index contributed by atoms with van der Waals surface area (Å²) in [7, 11) is -3.66. The average Bonchev–Trinajstić information content (AvgIpc) is 2.48. The normalized spacial score (nSPS) is 11.5. The first-order valence-corrected chi connectivity index (χ1v) is 8.27. The van der Waals surface area contributed by atoms with Crippen LogP contribution >= 0.6 is 11.6 Å². The van der Waals surface area contributed by atoms with Crippen molar-refractivity contribution in [3.63, 3.8) is 0 Å². The second kappa shape index (κ2) is 7.00. The van der Waals surface area contributed by atoms with Crippen molar-refractivity contribution in [2.75, 3.05) is 6.54 Å². The molecular weight excluding hydrogens is 310 g/mol. The molecule has 0 saturated heterocycles. The molecule has 1 aromatic carbocycles. The number of rotatable bonds is 6. The summed E-state index contributed by atoms with van der Waals surface area (Å²) in [4.78, 5) is 4.19. The number of aromatic nitrogens is 1. The molecule has 2 rings (SSSR count). The van der Waals surface area contributed by atoms with Crippen LogP contribution in [-0.2, 0) is 23.0 Å². The lowest BCUT2D eigenvalue weighted by molar-refractivity contribution is 0.581. The van der Waals surface area contributed by atoms with Crippen molar-refractivity contribution in [3.8, 4) is 0 Å². The second-order valence-corrected chi connectivity index (χ2v) is 6.58. The van der Waals surface area contributed by atoms with Gasteiger partial charge in [-0.1, -0.05) is 23.7 Å². The number of hydrogen-bond acceptors (Lipinski definition) is 4. The van der Waals surface area contributed by atoms with E-state index in [1.807, 2.05) is 18.2 Å². The molecule has 0 atom stereocenters. The summed E-state index contributed by atoms with van der Waals surface area (Å²) in [6, 6.07) is 10.2. The van der Waals surface area contributed by atoms with E-state index in [1.54, 1.807) is 12.3 Å². The highest BCUT2D eigenvalue weighted by atomic mass is 35.5. The second-order valence-electron chi connectivity index (χ2n) is 4.44. The first-order chi connectivity index (χ1) is 10.0. The molecule has 0 unspecified atom stereocenters. The molecule has 0 bridgehead atoms. The average molecular weight is 326 g/mol. The molecule has 0 spiro atoms. The third-order valence-electron chi connectivity index (χ3n) is 2.92. The highest BCUT2D eigenvalue weighted by Gasteiger charge is 2.17. The Hall–Kier alpha value is -1.47. The molecule has 0 aliphatic carbocycles. The molecule has 3 N–H and O–H groups in total. The van der Waals surface area contributed by atoms with Gasteiger partial charge >= 0.3 is 0 Å². The van der Waals surface area contributed by atoms with Gasteiger partial charge in [0.15, 0.2) is 0 Å². The standard InChI is InChI=1S/C14H16ClN3O2S/c15-13-5-4-11(10-16)9-14(13)21(19,20)18-8-6-12-3-1-2-7-17-12/h1-5,7,9,18H,6,8,10,16H2. The monoisotopic (exact) mass is 325 g/mol. The molecule has 2 aromatic rings. The summed E-state index contributed by atoms with van der Waals surface area (Å²) < 4.78 is 27.0. The van der Waals surface area contributed by atoms with Crippen LogP contribution in [0.25, 0.3) is 0 Å². The fourth-order valence-corrected chi connectivity index (χ4v) is 3.40. The van der Waals surface area contributed by atoms with Crippen LogP contribution in [0.5, 0.6) is 0 Å². The van der Waals surface area contributed by atoms with E-state index in [0.717, 1.165) is 5.69 Å². The lowest BCUT2D eigenvalue weighted by atomic mass is 10.2. The van der Waals surface area contributed by atoms with E-state index in [0.29, 0.717) is 12.0 Å². The van der Waals surface area contributed by atoms with Gasteiger partial charge in [0.25, 0.3) is 0 Å². The maximum atomic E-state index is 12.3. The van der Waals surface area contributed by atoms with Gasteiger partial charge in [-0.3, -0.25) is 4.98 Å². The summed E-state index contributed by atoms with van der Waals surface area (Å²) in [6.45, 7) is 0.510. The van der Waals surface area contributed by atoms with Gasteiger partial charge in [-0.15, -0.1) is 0 Å². The van der Waals surface area contributed by atoms with Crippen LogP contribution in [0, 0.1) is 0 Å². The Morgan fingerprint density at radius 3 is 2.71 bits per heavy atom. The van der Waals surface area contributed by atoms with E-state index < -0.39 is 10.0 Å². The van der Waals surface area contributed by atoms with E-state index in [4.69, 9.17) is 17.3 Å². The zero-order valence-electron chi connectivity index (χ0n) is 11.3. The number of pyridine rings is 1. The van der Waals surface area contributed by atoms with E-state index in [2.05, 4.69) is 9.71 Å². The predicted molar refractivity (Wildman–Crippen MR) is 82.5 cm³/mol. The van der Waals surface area contributed by atoms with Gasteiger partial charge in [0.1, 0.15) is 4.90 Å². The van der Waals surface area contributed by atoms with Gasteiger partial charge < -0.3 is 5.73 Å². The highest BCUT2D eigenvalue weighted by molar-refractivity contribution is 7.89. The van der Waals surface area contributed by atoms with E-state index in [-0.39, 0.29) is 23.0 Å². The molecule has 21 heavy (non-hydrogen) atoms. The number of nitrogens with zero attached hydrogens (tertiary/aromatic N) is 1. The Labute approximate surface area is 129 Å². The molecule has 7 heteroatoms. The Morgan fingerprint density at radius 1 is 1.24 bits per heavy atom. The van der Waals surface area contributed by atoms with Gasteiger partial charge in [-0.25, -0.2) is 13.1 Å². The topological polar surface area (TPSA) is 85.1 Å². The van der Waals surface area contributed by atoms with Crippen molar-refractivity contribution in [1.29, 1.82) is 0 Å². The fraction of sp³-hybridized carbons (Fsp3) is 0.214. The van der Waals surface area contributed by atoms with Crippen LogP contribution in [0.15, 0.2) is 47.5 Å². The first-order valence-electron chi connectivity index (χ1n) is 6.41. The van der Waals surface area contributed by atoms with Crippen molar-refractivity contribution < 1.29 is 8.42 Å². The molecule has 5 nitrogen and oxygen atoms in total. The maximum absolute atomic E-state index is 12.3. The Kier molecular flexibility index (Phi) is 5.30. The van der Waals surface area contributed by atoms with Crippen molar-refractivity contribution in [1.82, 2.24) is 9.71 Å². The highest BCUT2D eigenvalue weighted by Crippen LogP contribution is 2.22. The van der Waals surface area contributed by atoms with Crippen molar-refractivity contribution in [2.24, 2.45) is 5.73 Å². The van der Waals surface area contributed by atoms with E-state index in [9.17, 15) is 8.42 Å². The molecule has 0 fully saturated rings. The minimum atomic E-state index is -3.66. The van der Waals surface area contributed by atoms with E-state index in [1.165, 1.54) is 12.1 Å². The number of hydrogen-bond donors (Lipinski definition) is 2. The Balaban J connectivity index is 2.08. The van der Waals surface area contributed by atoms with Crippen molar-refractivity contribution in [3.05, 3.63) is 58.9 Å². The van der Waals surface area contributed by atoms with E-state index >= 15 is 0 Å². The lowest BCUT2D eigenvalue weighted by Crippen LogP contribution is -2.26. The van der Waals surface area contributed by atoms with Gasteiger partial charge in [0, 0.05) is 31.4 Å². The summed E-state index contributed by atoms with van der Waals surface area (Å²) in [5.41, 5.74) is 7.06. The predicted octanol–water partition coefficient (Wildman–Crippen LogP) is 1.71. The molecular formula is C14H16ClN3O2S. The number of benzene rings is 1. The first kappa shape index (κ1) is 15.9. The Morgan fingerprint density at radius 2 is 2.05 bits per heavy atom. The van der Waals surface area contributed by atoms with Crippen LogP contribution in [0.4, 0.5) is 0 Å². The van der Waals surface area contributed by atoms with Crippen LogP contribution < -0.4 is 10.5 Å². The smallest absolute Gasteiger partial charge is 0.242 e. The molecule has 0 radical (unpaired) electrons. The number of halogens is 1. The molecule has 0 saturated carbocycles. The molecule has 112 valence electrons. The molecule has 1 heterocycles. The van der Waals surface area contributed by atoms with Crippen LogP contribution in [0.3, 0.4) is 0 Å². The third-order valence-corrected chi connectivity index (χ3v) is 4.86. The molecule has 0 aliphatic heterocycles. The number of nitrogens with two attached hydrogens (primary N) is 1. The molecule has 0 amide bonds. The summed E-state index contributed by atoms with van der Waals surface area (Å²) in [6.07, 6.45) is 2.18. The minimum Gasteiger partial charge on any atom is -0.326 e. The molecule has 1 aromatic heterocycles. The summed E-state index contributed by atoms with van der Waals surface area (Å²) in [5.74, 6) is 0. The zero-order valence-corrected chi connectivity index (χ0v) is 12.9. The number of sulfonamides is 1. The van der Waals surface area contributed by atoms with Crippen LogP contribution in [-0.4, -0.2) is 19.9 Å². The summed E-state index contributed by atoms with van der Waals surface area (Å²) in [5, 5.41) is 0.178. The number of nitrogens with one attached hydrogen (secondary N) is 1. The maximum Gasteiger partial charge on any atom is 0.242 e. The van der Waals surface area contributed by atoms with Gasteiger partial charge in [-0.05, 0) is 29.8 Å². The van der Waals surface area contributed by atoms with Gasteiger partial charge in [0.05, 0.1) is 5.02 Å². The largest absolute Gasteiger partial charge is 0.326 e. The Bertz CT molecular complexity index is 705. The van der Waals surface area contributed by atoms with Crippen molar-refractivity contribution in [2.45, 2.75) is 17.9 Å². The lowest BCUT2D eigenvalue weighted by Gasteiger charge is -2.09. The third kappa shape index (κ3) is 4.25. The van der Waals surface area contributed by atoms with Crippen LogP contribution in [0.2, 0.25) is 5.02 Å². The minimum absolute atomic E-state index is 0.0492. The van der Waals surface area contributed by atoms with Crippen molar-refractivity contribution >= 4 is 21.6 Å². The van der Waals surface area contributed by atoms with Gasteiger partial charge in [-0.2, -0.15) is 0 Å². The fourth-order valence-electron chi connectivity index (χ4n) is 1.82. The van der Waals surface area contributed by atoms with Gasteiger partial charge in [0.2, 0.25) is 10.0 Å². The van der Waals surface area contributed by atoms with Crippen LogP contribution in [0.1, 0.15) is 11.3 Å². The molecule has 0 aliphatic rings. The zero-order chi connectivity index (χ0) is 15.3. The summed E-state index contributed by atoms with van der Waals surface area (Å²) >= 11 is 5.96. The SMILES string of the molecule is NCc1ccc(Cl)c(S(=O)(=O)NCCc2ccccn2)c1. The quantitative estimate of drug-likeness (QED) is 0.846.